The highest BCUT2D eigenvalue weighted by Gasteiger charge is 2.26. The minimum absolute atomic E-state index is 0.0155. The Hall–Kier alpha value is -1.93. The van der Waals surface area contributed by atoms with Gasteiger partial charge in [0.1, 0.15) is 6.54 Å². The summed E-state index contributed by atoms with van der Waals surface area (Å²) in [5.74, 6) is -2.06. The molecule has 27 heavy (non-hydrogen) atoms. The number of allylic oxidation sites excluding steroid dienone is 1. The van der Waals surface area contributed by atoms with Crippen LogP contribution in [0.4, 0.5) is 0 Å². The smallest absolute Gasteiger partial charge is 0.303 e. The molecule has 0 aromatic carbocycles. The summed E-state index contributed by atoms with van der Waals surface area (Å²) < 4.78 is 0.383. The summed E-state index contributed by atoms with van der Waals surface area (Å²) in [6.07, 6.45) is 5.59. The summed E-state index contributed by atoms with van der Waals surface area (Å²) in [6, 6.07) is 0. The molecule has 8 nitrogen and oxygen atoms in total. The van der Waals surface area contributed by atoms with Gasteiger partial charge in [0.2, 0.25) is 5.91 Å². The molecule has 0 aromatic rings. The van der Waals surface area contributed by atoms with Crippen LogP contribution in [0, 0.1) is 0 Å². The van der Waals surface area contributed by atoms with Gasteiger partial charge in [0.05, 0.1) is 39.2 Å². The van der Waals surface area contributed by atoms with Gasteiger partial charge in [-0.15, -0.1) is 6.58 Å². The van der Waals surface area contributed by atoms with E-state index in [4.69, 9.17) is 5.11 Å². The number of aliphatic hydroxyl groups is 1. The van der Waals surface area contributed by atoms with Crippen molar-refractivity contribution in [1.29, 1.82) is 0 Å². The van der Waals surface area contributed by atoms with Crippen LogP contribution in [0.1, 0.15) is 51.4 Å². The van der Waals surface area contributed by atoms with Gasteiger partial charge in [-0.05, 0) is 25.7 Å². The van der Waals surface area contributed by atoms with Gasteiger partial charge in [0.15, 0.2) is 0 Å². The molecule has 0 fully saturated rings. The van der Waals surface area contributed by atoms with Crippen LogP contribution in [-0.2, 0) is 14.4 Å². The van der Waals surface area contributed by atoms with Gasteiger partial charge < -0.3 is 29.9 Å². The van der Waals surface area contributed by atoms with Crippen molar-refractivity contribution in [1.82, 2.24) is 5.32 Å². The standard InChI is InChI=1S/C19H34N2O6/c1-2-3-4-5-8-17(23)20-11-14-21(15-16-22,12-6-9-18(24)25)13-7-10-19(26)27/h2,22H,1,3-16H2,(H2-,20,23,24,25,26,27). The van der Waals surface area contributed by atoms with E-state index >= 15 is 0 Å². The van der Waals surface area contributed by atoms with Crippen molar-refractivity contribution >= 4 is 17.8 Å². The number of carboxylic acid groups (broad SMARTS) is 2. The average molecular weight is 386 g/mol. The minimum Gasteiger partial charge on any atom is -0.550 e. The van der Waals surface area contributed by atoms with E-state index < -0.39 is 11.9 Å². The number of carbonyl (C=O) groups excluding carboxylic acids is 2. The van der Waals surface area contributed by atoms with Crippen molar-refractivity contribution in [2.24, 2.45) is 0 Å². The fraction of sp³-hybridized carbons (Fsp3) is 0.737. The molecule has 0 radical (unpaired) electrons. The predicted molar refractivity (Wildman–Crippen MR) is 99.6 cm³/mol. The number of carbonyl (C=O) groups is 3. The highest BCUT2D eigenvalue weighted by molar-refractivity contribution is 5.75. The van der Waals surface area contributed by atoms with E-state index in [9.17, 15) is 24.6 Å². The molecule has 0 rings (SSSR count). The molecule has 156 valence electrons. The van der Waals surface area contributed by atoms with E-state index in [0.29, 0.717) is 56.5 Å². The number of nitrogens with one attached hydrogen (secondary N) is 1. The Balaban J connectivity index is 4.62. The third-order valence-corrected chi connectivity index (χ3v) is 4.58. The summed E-state index contributed by atoms with van der Waals surface area (Å²) in [5, 5.41) is 31.8. The molecule has 3 N–H and O–H groups in total. The Kier molecular flexibility index (Phi) is 14.1. The molecule has 0 saturated heterocycles. The largest absolute Gasteiger partial charge is 0.550 e. The third-order valence-electron chi connectivity index (χ3n) is 4.58. The van der Waals surface area contributed by atoms with Crippen molar-refractivity contribution in [2.75, 3.05) is 39.3 Å². The van der Waals surface area contributed by atoms with E-state index in [1.807, 2.05) is 6.08 Å². The maximum Gasteiger partial charge on any atom is 0.303 e. The maximum absolute atomic E-state index is 11.9. The quantitative estimate of drug-likeness (QED) is 0.174. The summed E-state index contributed by atoms with van der Waals surface area (Å²) in [4.78, 5) is 33.4. The van der Waals surface area contributed by atoms with Crippen LogP contribution in [0.15, 0.2) is 12.7 Å². The zero-order valence-electron chi connectivity index (χ0n) is 16.2. The molecule has 1 atom stereocenters. The van der Waals surface area contributed by atoms with E-state index in [-0.39, 0.29) is 25.4 Å². The molecule has 0 spiro atoms. The highest BCUT2D eigenvalue weighted by atomic mass is 16.4. The Morgan fingerprint density at radius 3 is 2.19 bits per heavy atom. The molecule has 0 aromatic heterocycles. The van der Waals surface area contributed by atoms with Crippen molar-refractivity contribution < 1.29 is 34.2 Å². The van der Waals surface area contributed by atoms with Crippen molar-refractivity contribution in [3.8, 4) is 0 Å². The molecular formula is C19H34N2O6. The van der Waals surface area contributed by atoms with E-state index in [2.05, 4.69) is 11.9 Å². The highest BCUT2D eigenvalue weighted by Crippen LogP contribution is 2.12. The third kappa shape index (κ3) is 13.9. The van der Waals surface area contributed by atoms with Crippen LogP contribution in [0.2, 0.25) is 0 Å². The van der Waals surface area contributed by atoms with Gasteiger partial charge in [-0.3, -0.25) is 9.59 Å². The minimum atomic E-state index is -1.13. The van der Waals surface area contributed by atoms with Crippen LogP contribution in [0.5, 0.6) is 0 Å². The first-order chi connectivity index (χ1) is 12.8. The summed E-state index contributed by atoms with van der Waals surface area (Å²) in [6.45, 7) is 5.86. The molecule has 8 heteroatoms. The van der Waals surface area contributed by atoms with Crippen molar-refractivity contribution in [3.05, 3.63) is 12.7 Å². The lowest BCUT2D eigenvalue weighted by Crippen LogP contribution is -2.54. The molecule has 0 aliphatic heterocycles. The number of unbranched alkanes of at least 4 members (excludes halogenated alkanes) is 2. The van der Waals surface area contributed by atoms with Crippen molar-refractivity contribution in [2.45, 2.75) is 51.4 Å². The number of amides is 1. The molecule has 1 unspecified atom stereocenters. The topological polar surface area (TPSA) is 127 Å². The number of aliphatic hydroxyl groups excluding tert-OH is 1. The summed E-state index contributed by atoms with van der Waals surface area (Å²) in [7, 11) is 0. The fourth-order valence-corrected chi connectivity index (χ4v) is 3.10. The van der Waals surface area contributed by atoms with Gasteiger partial charge in [-0.1, -0.05) is 6.08 Å². The van der Waals surface area contributed by atoms with E-state index in [1.54, 1.807) is 0 Å². The molecule has 0 aliphatic rings. The molecule has 0 aliphatic carbocycles. The number of hydrogen-bond acceptors (Lipinski definition) is 5. The maximum atomic E-state index is 11.9. The Bertz CT molecular complexity index is 447. The monoisotopic (exact) mass is 386 g/mol. The fourth-order valence-electron chi connectivity index (χ4n) is 3.10. The van der Waals surface area contributed by atoms with Gasteiger partial charge in [0, 0.05) is 25.2 Å². The SMILES string of the molecule is C=CCCCCC(=O)NCC[N+](CCO)(CCCC(=O)[O-])CCCC(=O)O. The normalized spacial score (nSPS) is 12.9. The second-order valence-corrected chi connectivity index (χ2v) is 6.82. The van der Waals surface area contributed by atoms with Gasteiger partial charge in [0.25, 0.3) is 0 Å². The predicted octanol–water partition coefficient (Wildman–Crippen LogP) is 0.0530. The summed E-state index contributed by atoms with van der Waals surface area (Å²) in [5.41, 5.74) is 0. The second-order valence-electron chi connectivity index (χ2n) is 6.82. The number of aliphatic carboxylic acids is 2. The first kappa shape index (κ1) is 25.1. The molecule has 0 bridgehead atoms. The number of hydrogen-bond donors (Lipinski definition) is 3. The number of nitrogens with zero attached hydrogens (tertiary/aromatic N) is 1. The average Bonchev–Trinajstić information content (AvgIpc) is 2.58. The molecular weight excluding hydrogens is 352 g/mol. The number of rotatable bonds is 18. The lowest BCUT2D eigenvalue weighted by Gasteiger charge is -2.38. The molecule has 1 amide bonds. The zero-order valence-corrected chi connectivity index (χ0v) is 16.2. The number of carboxylic acids is 2. The Morgan fingerprint density at radius 2 is 1.63 bits per heavy atom. The lowest BCUT2D eigenvalue weighted by molar-refractivity contribution is -0.927. The lowest BCUT2D eigenvalue weighted by atomic mass is 10.1. The van der Waals surface area contributed by atoms with Crippen LogP contribution in [0.3, 0.4) is 0 Å². The molecule has 0 saturated carbocycles. The number of quaternary nitrogens is 1. The van der Waals surface area contributed by atoms with E-state index in [1.165, 1.54) is 0 Å². The van der Waals surface area contributed by atoms with Gasteiger partial charge in [-0.2, -0.15) is 0 Å². The van der Waals surface area contributed by atoms with Crippen LogP contribution < -0.4 is 10.4 Å². The zero-order chi connectivity index (χ0) is 20.5. The summed E-state index contributed by atoms with van der Waals surface area (Å²) >= 11 is 0. The first-order valence-electron chi connectivity index (χ1n) is 9.60. The Labute approximate surface area is 161 Å². The van der Waals surface area contributed by atoms with Gasteiger partial charge >= 0.3 is 5.97 Å². The second kappa shape index (κ2) is 15.2. The van der Waals surface area contributed by atoms with Crippen LogP contribution >= 0.6 is 0 Å². The Morgan fingerprint density at radius 1 is 0.963 bits per heavy atom. The first-order valence-corrected chi connectivity index (χ1v) is 9.60. The van der Waals surface area contributed by atoms with Gasteiger partial charge in [-0.25, -0.2) is 0 Å². The van der Waals surface area contributed by atoms with Crippen LogP contribution in [-0.4, -0.2) is 71.9 Å². The van der Waals surface area contributed by atoms with Crippen molar-refractivity contribution in [3.63, 3.8) is 0 Å². The molecule has 0 heterocycles. The van der Waals surface area contributed by atoms with E-state index in [0.717, 1.165) is 19.3 Å². The van der Waals surface area contributed by atoms with Crippen LogP contribution in [0.25, 0.3) is 0 Å².